The minimum absolute atomic E-state index is 0.0581. The van der Waals surface area contributed by atoms with E-state index in [-0.39, 0.29) is 11.9 Å². The number of aliphatic hydroxyl groups is 1. The average molecular weight is 299 g/mol. The summed E-state index contributed by atoms with van der Waals surface area (Å²) < 4.78 is 29.7. The lowest BCUT2D eigenvalue weighted by atomic mass is 10.3. The predicted molar refractivity (Wildman–Crippen MR) is 76.4 cm³/mol. The minimum atomic E-state index is -3.26. The van der Waals surface area contributed by atoms with Gasteiger partial charge in [-0.3, -0.25) is 4.90 Å². The van der Waals surface area contributed by atoms with Crippen molar-refractivity contribution in [2.24, 2.45) is 0 Å². The van der Waals surface area contributed by atoms with Crippen LogP contribution in [0.25, 0.3) is 0 Å². The summed E-state index contributed by atoms with van der Waals surface area (Å²) >= 11 is 0. The molecule has 1 fully saturated rings. The molecule has 1 N–H and O–H groups in total. The number of nitrogens with zero attached hydrogens (tertiary/aromatic N) is 1. The number of hydrogen-bond donors (Lipinski definition) is 1. The molecule has 1 aromatic rings. The fraction of sp³-hybridized carbons (Fsp3) is 0.571. The van der Waals surface area contributed by atoms with Crippen molar-refractivity contribution in [2.75, 3.05) is 32.0 Å². The van der Waals surface area contributed by atoms with Crippen molar-refractivity contribution < 1.29 is 18.3 Å². The molecule has 0 bridgehead atoms. The van der Waals surface area contributed by atoms with Crippen LogP contribution >= 0.6 is 0 Å². The number of sulfone groups is 1. The highest BCUT2D eigenvalue weighted by Crippen LogP contribution is 2.15. The summed E-state index contributed by atoms with van der Waals surface area (Å²) in [6.07, 6.45) is -0.742. The van der Waals surface area contributed by atoms with E-state index in [0.717, 1.165) is 0 Å². The Morgan fingerprint density at radius 2 is 2.00 bits per heavy atom. The number of hydrogen-bond acceptors (Lipinski definition) is 5. The molecule has 5 nitrogen and oxygen atoms in total. The Morgan fingerprint density at radius 1 is 1.30 bits per heavy atom. The largest absolute Gasteiger partial charge is 0.389 e. The summed E-state index contributed by atoms with van der Waals surface area (Å²) in [5.74, 6) is 0.0581. The molecule has 0 amide bonds. The Balaban J connectivity index is 1.90. The van der Waals surface area contributed by atoms with E-state index in [1.807, 2.05) is 11.8 Å². The number of aliphatic hydroxyl groups excluding tert-OH is 1. The summed E-state index contributed by atoms with van der Waals surface area (Å²) in [7, 11) is -3.26. The van der Waals surface area contributed by atoms with Crippen molar-refractivity contribution in [1.82, 2.24) is 4.90 Å². The lowest BCUT2D eigenvalue weighted by molar-refractivity contribution is -0.00239. The Hall–Kier alpha value is -0.950. The molecule has 20 heavy (non-hydrogen) atoms. The number of benzene rings is 1. The van der Waals surface area contributed by atoms with Crippen molar-refractivity contribution in [3.8, 4) is 0 Å². The molecule has 1 aliphatic heterocycles. The van der Waals surface area contributed by atoms with Crippen LogP contribution in [0.15, 0.2) is 35.2 Å². The summed E-state index contributed by atoms with van der Waals surface area (Å²) in [6.45, 7) is 3.90. The first-order chi connectivity index (χ1) is 9.53. The highest BCUT2D eigenvalue weighted by atomic mass is 32.2. The van der Waals surface area contributed by atoms with Gasteiger partial charge in [0.15, 0.2) is 9.84 Å². The van der Waals surface area contributed by atoms with Gasteiger partial charge >= 0.3 is 0 Å². The molecule has 1 aliphatic rings. The number of ether oxygens (including phenoxy) is 1. The van der Waals surface area contributed by atoms with Gasteiger partial charge in [-0.25, -0.2) is 8.42 Å². The van der Waals surface area contributed by atoms with Crippen LogP contribution in [0.5, 0.6) is 0 Å². The first kappa shape index (κ1) is 15.4. The van der Waals surface area contributed by atoms with E-state index >= 15 is 0 Å². The van der Waals surface area contributed by atoms with E-state index in [1.165, 1.54) is 0 Å². The van der Waals surface area contributed by atoms with Gasteiger partial charge < -0.3 is 9.84 Å². The zero-order valence-electron chi connectivity index (χ0n) is 11.6. The SMILES string of the molecule is CCO[C@@H]1CN(CCS(=O)(=O)c2ccccc2)C[C@H]1O. The first-order valence-corrected chi connectivity index (χ1v) is 8.48. The minimum Gasteiger partial charge on any atom is -0.389 e. The first-order valence-electron chi connectivity index (χ1n) is 6.83. The van der Waals surface area contributed by atoms with Gasteiger partial charge in [-0.15, -0.1) is 0 Å². The normalized spacial score (nSPS) is 24.1. The Kier molecular flexibility index (Phi) is 5.15. The lowest BCUT2D eigenvalue weighted by Crippen LogP contribution is -2.29. The van der Waals surface area contributed by atoms with Gasteiger partial charge in [0.25, 0.3) is 0 Å². The molecule has 0 radical (unpaired) electrons. The van der Waals surface area contributed by atoms with E-state index in [0.29, 0.717) is 31.1 Å². The summed E-state index contributed by atoms with van der Waals surface area (Å²) in [4.78, 5) is 2.28. The van der Waals surface area contributed by atoms with Crippen LogP contribution in [0.2, 0.25) is 0 Å². The van der Waals surface area contributed by atoms with Crippen molar-refractivity contribution in [1.29, 1.82) is 0 Å². The van der Waals surface area contributed by atoms with Gasteiger partial charge in [-0.2, -0.15) is 0 Å². The van der Waals surface area contributed by atoms with Gasteiger partial charge in [0, 0.05) is 26.2 Å². The molecule has 0 spiro atoms. The molecule has 2 rings (SSSR count). The van der Waals surface area contributed by atoms with Crippen LogP contribution in [0, 0.1) is 0 Å². The van der Waals surface area contributed by atoms with Crippen LogP contribution in [-0.4, -0.2) is 62.6 Å². The molecular formula is C14H21NO4S. The third-order valence-corrected chi connectivity index (χ3v) is 5.18. The maximum atomic E-state index is 12.2. The summed E-state index contributed by atoms with van der Waals surface area (Å²) in [5, 5.41) is 9.82. The lowest BCUT2D eigenvalue weighted by Gasteiger charge is -2.15. The molecule has 2 atom stereocenters. The zero-order chi connectivity index (χ0) is 14.6. The topological polar surface area (TPSA) is 66.8 Å². The van der Waals surface area contributed by atoms with Crippen molar-refractivity contribution in [3.05, 3.63) is 30.3 Å². The standard InChI is InChI=1S/C14H21NO4S/c1-2-19-14-11-15(10-13(14)16)8-9-20(17,18)12-6-4-3-5-7-12/h3-7,13-14,16H,2,8-11H2,1H3/t13-,14-/m1/s1. The van der Waals surface area contributed by atoms with Gasteiger partial charge in [-0.1, -0.05) is 18.2 Å². The van der Waals surface area contributed by atoms with Gasteiger partial charge in [0.2, 0.25) is 0 Å². The number of β-amino-alcohol motifs (C(OH)–C–C–N with tert-alkyl or cyclic N) is 1. The van der Waals surface area contributed by atoms with E-state index < -0.39 is 15.9 Å². The molecule has 0 saturated carbocycles. The van der Waals surface area contributed by atoms with E-state index in [9.17, 15) is 13.5 Å². The molecule has 0 aliphatic carbocycles. The predicted octanol–water partition coefficient (Wildman–Crippen LogP) is 0.542. The van der Waals surface area contributed by atoms with Crippen molar-refractivity contribution >= 4 is 9.84 Å². The smallest absolute Gasteiger partial charge is 0.179 e. The van der Waals surface area contributed by atoms with Crippen molar-refractivity contribution in [3.63, 3.8) is 0 Å². The zero-order valence-corrected chi connectivity index (χ0v) is 12.4. The molecule has 6 heteroatoms. The van der Waals surface area contributed by atoms with Crippen molar-refractivity contribution in [2.45, 2.75) is 24.0 Å². The molecule has 112 valence electrons. The second kappa shape index (κ2) is 6.67. The maximum absolute atomic E-state index is 12.2. The molecule has 0 aromatic heterocycles. The van der Waals surface area contributed by atoms with Gasteiger partial charge in [0.1, 0.15) is 0 Å². The molecule has 1 aromatic carbocycles. The number of rotatable bonds is 6. The van der Waals surface area contributed by atoms with Gasteiger partial charge in [0.05, 0.1) is 22.9 Å². The highest BCUT2D eigenvalue weighted by molar-refractivity contribution is 7.91. The molecule has 1 heterocycles. The third kappa shape index (κ3) is 3.79. The van der Waals surface area contributed by atoms with Crippen LogP contribution in [0.4, 0.5) is 0 Å². The Morgan fingerprint density at radius 3 is 2.65 bits per heavy atom. The van der Waals surface area contributed by atoms with Crippen LogP contribution in [0.3, 0.4) is 0 Å². The fourth-order valence-corrected chi connectivity index (χ4v) is 3.69. The summed E-state index contributed by atoms with van der Waals surface area (Å²) in [5.41, 5.74) is 0. The van der Waals surface area contributed by atoms with Crippen LogP contribution in [0.1, 0.15) is 6.92 Å². The second-order valence-corrected chi connectivity index (χ2v) is 7.06. The Labute approximate surface area is 120 Å². The van der Waals surface area contributed by atoms with Crippen LogP contribution in [-0.2, 0) is 14.6 Å². The van der Waals surface area contributed by atoms with E-state index in [1.54, 1.807) is 30.3 Å². The van der Waals surface area contributed by atoms with Crippen LogP contribution < -0.4 is 0 Å². The fourth-order valence-electron chi connectivity index (χ4n) is 2.39. The second-order valence-electron chi connectivity index (χ2n) is 4.95. The third-order valence-electron chi connectivity index (χ3n) is 3.47. The van der Waals surface area contributed by atoms with Gasteiger partial charge in [-0.05, 0) is 19.1 Å². The molecular weight excluding hydrogens is 278 g/mol. The number of likely N-dealkylation sites (tertiary alicyclic amines) is 1. The summed E-state index contributed by atoms with van der Waals surface area (Å²) in [6, 6.07) is 8.45. The highest BCUT2D eigenvalue weighted by Gasteiger charge is 2.32. The Bertz CT molecular complexity index is 517. The monoisotopic (exact) mass is 299 g/mol. The molecule has 0 unspecified atom stereocenters. The molecule has 1 saturated heterocycles. The average Bonchev–Trinajstić information content (AvgIpc) is 2.79. The van der Waals surface area contributed by atoms with E-state index in [2.05, 4.69) is 0 Å². The van der Waals surface area contributed by atoms with E-state index in [4.69, 9.17) is 4.74 Å². The quantitative estimate of drug-likeness (QED) is 0.830. The maximum Gasteiger partial charge on any atom is 0.179 e.